The van der Waals surface area contributed by atoms with Gasteiger partial charge in [0.1, 0.15) is 6.54 Å². The zero-order valence-electron chi connectivity index (χ0n) is 10.9. The number of imide groups is 1. The van der Waals surface area contributed by atoms with Crippen LogP contribution in [0.2, 0.25) is 0 Å². The molecule has 0 aliphatic carbocycles. The van der Waals surface area contributed by atoms with E-state index >= 15 is 0 Å². The Morgan fingerprint density at radius 1 is 1.61 bits per heavy atom. The van der Waals surface area contributed by atoms with E-state index in [-0.39, 0.29) is 36.9 Å². The smallest absolute Gasteiger partial charge is 0.246 e. The molecule has 1 aliphatic heterocycles. The minimum atomic E-state index is -0.438. The lowest BCUT2D eigenvalue weighted by Gasteiger charge is -2.29. The summed E-state index contributed by atoms with van der Waals surface area (Å²) in [6, 6.07) is -0.597. The number of ether oxygens (including phenoxy) is 1. The summed E-state index contributed by atoms with van der Waals surface area (Å²) in [6.07, 6.45) is 0. The van der Waals surface area contributed by atoms with Crippen molar-refractivity contribution in [3.8, 4) is 0 Å². The fraction of sp³-hybridized carbons (Fsp3) is 0.727. The first-order valence-electron chi connectivity index (χ1n) is 5.81. The Labute approximate surface area is 106 Å². The molecule has 1 rings (SSSR count). The normalized spacial score (nSPS) is 21.9. The topological polar surface area (TPSA) is 87.7 Å². The quantitative estimate of drug-likeness (QED) is 0.584. The molecule has 0 aromatic rings. The molecule has 3 amide bonds. The molecule has 0 aromatic heterocycles. The van der Waals surface area contributed by atoms with E-state index in [1.54, 1.807) is 13.8 Å². The van der Waals surface area contributed by atoms with Crippen molar-refractivity contribution < 1.29 is 19.1 Å². The van der Waals surface area contributed by atoms with Gasteiger partial charge in [0.05, 0.1) is 19.2 Å². The Hall–Kier alpha value is -1.47. The third-order valence-corrected chi connectivity index (χ3v) is 2.62. The van der Waals surface area contributed by atoms with Crippen LogP contribution in [0.1, 0.15) is 13.8 Å². The molecule has 7 heteroatoms. The molecular weight excluding hydrogens is 238 g/mol. The summed E-state index contributed by atoms with van der Waals surface area (Å²) in [6.45, 7) is 3.66. The molecule has 18 heavy (non-hydrogen) atoms. The van der Waals surface area contributed by atoms with Crippen molar-refractivity contribution in [1.29, 1.82) is 0 Å². The van der Waals surface area contributed by atoms with Gasteiger partial charge < -0.3 is 10.1 Å². The van der Waals surface area contributed by atoms with Gasteiger partial charge in [-0.05, 0) is 13.8 Å². The Bertz CT molecular complexity index is 345. The predicted molar refractivity (Wildman–Crippen MR) is 63.7 cm³/mol. The first kappa shape index (κ1) is 14.6. The Kier molecular flexibility index (Phi) is 5.24. The second kappa shape index (κ2) is 6.46. The highest BCUT2D eigenvalue weighted by molar-refractivity contribution is 6.03. The van der Waals surface area contributed by atoms with Crippen molar-refractivity contribution in [2.45, 2.75) is 25.9 Å². The fourth-order valence-corrected chi connectivity index (χ4v) is 1.70. The van der Waals surface area contributed by atoms with Crippen molar-refractivity contribution >= 4 is 17.7 Å². The Morgan fingerprint density at radius 3 is 2.89 bits per heavy atom. The number of carbonyl (C=O) groups excluding carboxylic acids is 3. The van der Waals surface area contributed by atoms with Crippen molar-refractivity contribution in [2.75, 3.05) is 26.8 Å². The lowest BCUT2D eigenvalue weighted by molar-refractivity contribution is -0.151. The van der Waals surface area contributed by atoms with Crippen LogP contribution in [-0.4, -0.2) is 61.5 Å². The second-order valence-corrected chi connectivity index (χ2v) is 4.34. The van der Waals surface area contributed by atoms with Gasteiger partial charge in [-0.15, -0.1) is 0 Å². The molecule has 2 atom stereocenters. The monoisotopic (exact) mass is 257 g/mol. The molecule has 1 heterocycles. The number of hydrogen-bond acceptors (Lipinski definition) is 5. The van der Waals surface area contributed by atoms with Crippen LogP contribution in [0, 0.1) is 0 Å². The SMILES string of the molecule is COCC(C)NC(=O)CN1C(=O)CNC(C)C1=O. The molecule has 1 fully saturated rings. The van der Waals surface area contributed by atoms with Gasteiger partial charge >= 0.3 is 0 Å². The summed E-state index contributed by atoms with van der Waals surface area (Å²) >= 11 is 0. The van der Waals surface area contributed by atoms with Crippen LogP contribution in [0.15, 0.2) is 0 Å². The standard InChI is InChI=1S/C11H19N3O4/c1-7(6-18-3)13-9(15)5-14-10(16)4-12-8(2)11(14)17/h7-8,12H,4-6H2,1-3H3,(H,13,15). The van der Waals surface area contributed by atoms with Crippen LogP contribution in [0.25, 0.3) is 0 Å². The van der Waals surface area contributed by atoms with Crippen LogP contribution in [0.4, 0.5) is 0 Å². The average molecular weight is 257 g/mol. The zero-order chi connectivity index (χ0) is 13.7. The van der Waals surface area contributed by atoms with E-state index in [0.29, 0.717) is 6.61 Å². The highest BCUT2D eigenvalue weighted by Crippen LogP contribution is 2.02. The number of piperazine rings is 1. The summed E-state index contributed by atoms with van der Waals surface area (Å²) in [5, 5.41) is 5.41. The Balaban J connectivity index is 2.52. The van der Waals surface area contributed by atoms with Crippen LogP contribution < -0.4 is 10.6 Å². The van der Waals surface area contributed by atoms with Crippen LogP contribution in [0.5, 0.6) is 0 Å². The van der Waals surface area contributed by atoms with Crippen molar-refractivity contribution in [1.82, 2.24) is 15.5 Å². The van der Waals surface area contributed by atoms with E-state index in [1.165, 1.54) is 7.11 Å². The first-order chi connectivity index (χ1) is 8.45. The number of methoxy groups -OCH3 is 1. The summed E-state index contributed by atoms with van der Waals surface area (Å²) in [5.41, 5.74) is 0. The molecule has 102 valence electrons. The highest BCUT2D eigenvalue weighted by Gasteiger charge is 2.32. The van der Waals surface area contributed by atoms with Gasteiger partial charge in [-0.2, -0.15) is 0 Å². The van der Waals surface area contributed by atoms with Crippen molar-refractivity contribution in [2.24, 2.45) is 0 Å². The number of rotatable bonds is 5. The van der Waals surface area contributed by atoms with E-state index in [9.17, 15) is 14.4 Å². The minimum absolute atomic E-state index is 0.0772. The summed E-state index contributed by atoms with van der Waals surface area (Å²) in [7, 11) is 1.54. The first-order valence-corrected chi connectivity index (χ1v) is 5.81. The maximum atomic E-state index is 11.7. The molecule has 1 aliphatic rings. The zero-order valence-corrected chi connectivity index (χ0v) is 10.9. The lowest BCUT2D eigenvalue weighted by Crippen LogP contribution is -2.59. The van der Waals surface area contributed by atoms with Gasteiger partial charge in [-0.25, -0.2) is 0 Å². The predicted octanol–water partition coefficient (Wildman–Crippen LogP) is -1.52. The van der Waals surface area contributed by atoms with Crippen LogP contribution >= 0.6 is 0 Å². The van der Waals surface area contributed by atoms with Crippen molar-refractivity contribution in [3.63, 3.8) is 0 Å². The van der Waals surface area contributed by atoms with Gasteiger partial charge in [0.2, 0.25) is 17.7 Å². The second-order valence-electron chi connectivity index (χ2n) is 4.34. The van der Waals surface area contributed by atoms with Gasteiger partial charge in [0, 0.05) is 13.2 Å². The molecule has 0 spiro atoms. The van der Waals surface area contributed by atoms with E-state index < -0.39 is 6.04 Å². The van der Waals surface area contributed by atoms with Gasteiger partial charge in [0.15, 0.2) is 0 Å². The number of hydrogen-bond donors (Lipinski definition) is 2. The maximum absolute atomic E-state index is 11.7. The van der Waals surface area contributed by atoms with Gasteiger partial charge in [-0.3, -0.25) is 24.6 Å². The van der Waals surface area contributed by atoms with Crippen molar-refractivity contribution in [3.05, 3.63) is 0 Å². The summed E-state index contributed by atoms with van der Waals surface area (Å²) in [5.74, 6) is -1.12. The Morgan fingerprint density at radius 2 is 2.28 bits per heavy atom. The molecule has 1 saturated heterocycles. The molecule has 2 unspecified atom stereocenters. The minimum Gasteiger partial charge on any atom is -0.383 e. The highest BCUT2D eigenvalue weighted by atomic mass is 16.5. The van der Waals surface area contributed by atoms with Crippen LogP contribution in [-0.2, 0) is 19.1 Å². The average Bonchev–Trinajstić information content (AvgIpc) is 2.30. The number of carbonyl (C=O) groups is 3. The molecule has 7 nitrogen and oxygen atoms in total. The molecule has 0 aromatic carbocycles. The molecule has 0 radical (unpaired) electrons. The molecule has 0 bridgehead atoms. The molecular formula is C11H19N3O4. The van der Waals surface area contributed by atoms with E-state index in [4.69, 9.17) is 4.74 Å². The van der Waals surface area contributed by atoms with Gasteiger partial charge in [-0.1, -0.05) is 0 Å². The third-order valence-electron chi connectivity index (χ3n) is 2.62. The largest absolute Gasteiger partial charge is 0.383 e. The van der Waals surface area contributed by atoms with E-state index in [2.05, 4.69) is 10.6 Å². The molecule has 2 N–H and O–H groups in total. The molecule has 0 saturated carbocycles. The van der Waals surface area contributed by atoms with E-state index in [0.717, 1.165) is 4.90 Å². The van der Waals surface area contributed by atoms with Gasteiger partial charge in [0.25, 0.3) is 0 Å². The number of nitrogens with zero attached hydrogens (tertiary/aromatic N) is 1. The lowest BCUT2D eigenvalue weighted by atomic mass is 10.2. The maximum Gasteiger partial charge on any atom is 0.246 e. The van der Waals surface area contributed by atoms with E-state index in [1.807, 2.05) is 0 Å². The number of amides is 3. The number of nitrogens with one attached hydrogen (secondary N) is 2. The summed E-state index contributed by atoms with van der Waals surface area (Å²) in [4.78, 5) is 35.9. The summed E-state index contributed by atoms with van der Waals surface area (Å²) < 4.78 is 4.88. The van der Waals surface area contributed by atoms with Crippen LogP contribution in [0.3, 0.4) is 0 Å². The fourth-order valence-electron chi connectivity index (χ4n) is 1.70. The third kappa shape index (κ3) is 3.78.